The maximum atomic E-state index is 3.53. The van der Waals surface area contributed by atoms with Crippen LogP contribution in [0.1, 0.15) is 5.56 Å². The number of benzene rings is 6. The van der Waals surface area contributed by atoms with E-state index >= 15 is 0 Å². The number of aryl methyl sites for hydroxylation is 1. The molecule has 0 spiro atoms. The molecule has 0 saturated heterocycles. The molecule has 0 bridgehead atoms. The van der Waals surface area contributed by atoms with Gasteiger partial charge in [-0.1, -0.05) is 91.0 Å². The lowest BCUT2D eigenvalue weighted by atomic mass is 9.97. The van der Waals surface area contributed by atoms with Crippen LogP contribution in [0, 0.1) is 6.92 Å². The van der Waals surface area contributed by atoms with E-state index in [2.05, 4.69) is 140 Å². The average molecular weight is 436 g/mol. The van der Waals surface area contributed by atoms with E-state index in [9.17, 15) is 0 Å². The Bertz CT molecular complexity index is 1610. The van der Waals surface area contributed by atoms with Crippen molar-refractivity contribution in [2.75, 3.05) is 5.32 Å². The first-order chi connectivity index (χ1) is 16.7. The predicted molar refractivity (Wildman–Crippen MR) is 147 cm³/mol. The van der Waals surface area contributed by atoms with E-state index in [0.717, 1.165) is 11.4 Å². The molecule has 0 aliphatic carbocycles. The number of anilines is 2. The summed E-state index contributed by atoms with van der Waals surface area (Å²) in [4.78, 5) is 0. The molecule has 34 heavy (non-hydrogen) atoms. The zero-order chi connectivity index (χ0) is 22.9. The third kappa shape index (κ3) is 3.93. The molecular formula is C33H25N. The van der Waals surface area contributed by atoms with E-state index in [1.54, 1.807) is 0 Å². The predicted octanol–water partition coefficient (Wildman–Crippen LogP) is 9.38. The zero-order valence-electron chi connectivity index (χ0n) is 19.1. The van der Waals surface area contributed by atoms with Crippen molar-refractivity contribution in [2.45, 2.75) is 6.92 Å². The Morgan fingerprint density at radius 1 is 0.412 bits per heavy atom. The van der Waals surface area contributed by atoms with Crippen molar-refractivity contribution in [3.8, 4) is 22.3 Å². The first-order valence-electron chi connectivity index (χ1n) is 11.7. The number of hydrogen-bond donors (Lipinski definition) is 1. The summed E-state index contributed by atoms with van der Waals surface area (Å²) in [6.45, 7) is 2.18. The van der Waals surface area contributed by atoms with Gasteiger partial charge in [-0.25, -0.2) is 0 Å². The minimum absolute atomic E-state index is 1.08. The number of fused-ring (bicyclic) bond motifs is 2. The quantitative estimate of drug-likeness (QED) is 0.291. The van der Waals surface area contributed by atoms with Crippen molar-refractivity contribution >= 4 is 32.9 Å². The van der Waals surface area contributed by atoms with Crippen molar-refractivity contribution in [3.63, 3.8) is 0 Å². The third-order valence-corrected chi connectivity index (χ3v) is 6.54. The summed E-state index contributed by atoms with van der Waals surface area (Å²) in [6.07, 6.45) is 0. The Labute approximate surface area is 200 Å². The smallest absolute Gasteiger partial charge is 0.0384 e. The lowest BCUT2D eigenvalue weighted by Crippen LogP contribution is -1.90. The van der Waals surface area contributed by atoms with Gasteiger partial charge in [-0.2, -0.15) is 0 Å². The van der Waals surface area contributed by atoms with Crippen LogP contribution in [0.2, 0.25) is 0 Å². The highest BCUT2D eigenvalue weighted by atomic mass is 14.9. The van der Waals surface area contributed by atoms with Crippen molar-refractivity contribution in [1.29, 1.82) is 0 Å². The highest BCUT2D eigenvalue weighted by Crippen LogP contribution is 2.30. The van der Waals surface area contributed by atoms with Crippen LogP contribution < -0.4 is 5.32 Å². The van der Waals surface area contributed by atoms with Crippen molar-refractivity contribution in [1.82, 2.24) is 0 Å². The molecule has 0 fully saturated rings. The van der Waals surface area contributed by atoms with Crippen LogP contribution in [-0.2, 0) is 0 Å². The van der Waals surface area contributed by atoms with Gasteiger partial charge in [0.15, 0.2) is 0 Å². The largest absolute Gasteiger partial charge is 0.356 e. The topological polar surface area (TPSA) is 12.0 Å². The number of hydrogen-bond acceptors (Lipinski definition) is 1. The van der Waals surface area contributed by atoms with E-state index in [1.807, 2.05) is 0 Å². The molecular weight excluding hydrogens is 410 g/mol. The standard InChI is InChI=1S/C33H25N/c1-23-20-30(22-29-8-4-5-9-33(23)29)26-14-18-32(19-15-26)34-31-16-12-25(13-17-31)28-11-10-24-6-2-3-7-27(24)21-28/h2-22,34H,1H3. The van der Waals surface area contributed by atoms with Crippen LogP contribution in [0.5, 0.6) is 0 Å². The highest BCUT2D eigenvalue weighted by molar-refractivity contribution is 5.90. The molecule has 0 aliphatic rings. The summed E-state index contributed by atoms with van der Waals surface area (Å²) in [5, 5.41) is 8.67. The van der Waals surface area contributed by atoms with Gasteiger partial charge in [-0.15, -0.1) is 0 Å². The van der Waals surface area contributed by atoms with Gasteiger partial charge in [0, 0.05) is 11.4 Å². The SMILES string of the molecule is Cc1cc(-c2ccc(Nc3ccc(-c4ccc5ccccc5c4)cc3)cc2)cc2ccccc12. The summed E-state index contributed by atoms with van der Waals surface area (Å²) in [5.74, 6) is 0. The van der Waals surface area contributed by atoms with E-state index in [4.69, 9.17) is 0 Å². The van der Waals surface area contributed by atoms with Gasteiger partial charge in [0.1, 0.15) is 0 Å². The fourth-order valence-corrected chi connectivity index (χ4v) is 4.70. The molecule has 0 unspecified atom stereocenters. The van der Waals surface area contributed by atoms with Crippen LogP contribution >= 0.6 is 0 Å². The fraction of sp³-hybridized carbons (Fsp3) is 0.0303. The molecule has 0 atom stereocenters. The first kappa shape index (κ1) is 20.3. The maximum absolute atomic E-state index is 3.53. The molecule has 0 heterocycles. The maximum Gasteiger partial charge on any atom is 0.0384 e. The van der Waals surface area contributed by atoms with Crippen molar-refractivity contribution in [2.24, 2.45) is 0 Å². The van der Waals surface area contributed by atoms with Crippen LogP contribution in [-0.4, -0.2) is 0 Å². The lowest BCUT2D eigenvalue weighted by molar-refractivity contribution is 1.51. The van der Waals surface area contributed by atoms with E-state index in [-0.39, 0.29) is 0 Å². The molecule has 0 radical (unpaired) electrons. The van der Waals surface area contributed by atoms with Gasteiger partial charge < -0.3 is 5.32 Å². The molecule has 1 nitrogen and oxygen atoms in total. The Hall–Kier alpha value is -4.36. The molecule has 1 N–H and O–H groups in total. The molecule has 0 amide bonds. The second-order valence-electron chi connectivity index (χ2n) is 8.86. The summed E-state index contributed by atoms with van der Waals surface area (Å²) in [6, 6.07) is 45.6. The van der Waals surface area contributed by atoms with Crippen LogP contribution in [0.3, 0.4) is 0 Å². The van der Waals surface area contributed by atoms with Gasteiger partial charge in [-0.3, -0.25) is 0 Å². The van der Waals surface area contributed by atoms with Gasteiger partial charge in [0.05, 0.1) is 0 Å². The minimum Gasteiger partial charge on any atom is -0.356 e. The normalized spacial score (nSPS) is 11.1. The van der Waals surface area contributed by atoms with Crippen LogP contribution in [0.4, 0.5) is 11.4 Å². The first-order valence-corrected chi connectivity index (χ1v) is 11.7. The van der Waals surface area contributed by atoms with E-state index < -0.39 is 0 Å². The molecule has 0 aliphatic heterocycles. The minimum atomic E-state index is 1.08. The second kappa shape index (κ2) is 8.53. The molecule has 0 saturated carbocycles. The van der Waals surface area contributed by atoms with Crippen LogP contribution in [0.15, 0.2) is 127 Å². The molecule has 162 valence electrons. The summed E-state index contributed by atoms with van der Waals surface area (Å²) in [7, 11) is 0. The zero-order valence-corrected chi connectivity index (χ0v) is 19.1. The summed E-state index contributed by atoms with van der Waals surface area (Å²) in [5.41, 5.74) is 8.41. The molecule has 6 aromatic carbocycles. The third-order valence-electron chi connectivity index (χ3n) is 6.54. The molecule has 0 aromatic heterocycles. The van der Waals surface area contributed by atoms with Crippen molar-refractivity contribution in [3.05, 3.63) is 133 Å². The number of rotatable bonds is 4. The fourth-order valence-electron chi connectivity index (χ4n) is 4.70. The summed E-state index contributed by atoms with van der Waals surface area (Å²) >= 11 is 0. The monoisotopic (exact) mass is 435 g/mol. The Kier molecular flexibility index (Phi) is 5.08. The van der Waals surface area contributed by atoms with Gasteiger partial charge in [-0.05, 0) is 92.7 Å². The lowest BCUT2D eigenvalue weighted by Gasteiger charge is -2.11. The Morgan fingerprint density at radius 2 is 0.941 bits per heavy atom. The van der Waals surface area contributed by atoms with Crippen LogP contribution in [0.25, 0.3) is 43.8 Å². The number of nitrogens with one attached hydrogen (secondary N) is 1. The second-order valence-corrected chi connectivity index (χ2v) is 8.86. The van der Waals surface area contributed by atoms with Crippen molar-refractivity contribution < 1.29 is 0 Å². The van der Waals surface area contributed by atoms with Gasteiger partial charge in [0.25, 0.3) is 0 Å². The molecule has 1 heteroatoms. The van der Waals surface area contributed by atoms with Gasteiger partial charge in [0.2, 0.25) is 0 Å². The Balaban J connectivity index is 1.21. The Morgan fingerprint density at radius 3 is 1.65 bits per heavy atom. The molecule has 6 rings (SSSR count). The van der Waals surface area contributed by atoms with E-state index in [1.165, 1.54) is 49.4 Å². The molecule has 6 aromatic rings. The summed E-state index contributed by atoms with van der Waals surface area (Å²) < 4.78 is 0. The highest BCUT2D eigenvalue weighted by Gasteiger charge is 2.05. The van der Waals surface area contributed by atoms with E-state index in [0.29, 0.717) is 0 Å². The van der Waals surface area contributed by atoms with Gasteiger partial charge >= 0.3 is 0 Å². The average Bonchev–Trinajstić information content (AvgIpc) is 2.89.